The first-order valence-electron chi connectivity index (χ1n) is 5.42. The summed E-state index contributed by atoms with van der Waals surface area (Å²) in [6.07, 6.45) is 1.35. The van der Waals surface area contributed by atoms with Crippen LogP contribution in [-0.4, -0.2) is 18.5 Å². The van der Waals surface area contributed by atoms with Crippen LogP contribution in [0.2, 0.25) is 0 Å². The molecule has 0 bridgehead atoms. The van der Waals surface area contributed by atoms with Crippen molar-refractivity contribution in [1.82, 2.24) is 0 Å². The molecule has 0 aliphatic carbocycles. The average Bonchev–Trinajstić information content (AvgIpc) is 2.59. The molecular formula is C12H16BrClN2O. The van der Waals surface area contributed by atoms with Gasteiger partial charge in [0.2, 0.25) is 5.91 Å². The summed E-state index contributed by atoms with van der Waals surface area (Å²) >= 11 is 3.43. The summed E-state index contributed by atoms with van der Waals surface area (Å²) < 4.78 is 1.01. The molecule has 2 N–H and O–H groups in total. The van der Waals surface area contributed by atoms with E-state index in [2.05, 4.69) is 22.0 Å². The van der Waals surface area contributed by atoms with Crippen molar-refractivity contribution in [3.63, 3.8) is 0 Å². The van der Waals surface area contributed by atoms with Crippen molar-refractivity contribution in [1.29, 1.82) is 0 Å². The predicted octanol–water partition coefficient (Wildman–Crippen LogP) is 2.50. The third-order valence-electron chi connectivity index (χ3n) is 2.74. The molecule has 94 valence electrons. The largest absolute Gasteiger partial charge is 0.327 e. The highest BCUT2D eigenvalue weighted by molar-refractivity contribution is 9.10. The van der Waals surface area contributed by atoms with Crippen LogP contribution in [0.3, 0.4) is 0 Å². The van der Waals surface area contributed by atoms with Crippen molar-refractivity contribution in [3.8, 4) is 0 Å². The summed E-state index contributed by atoms with van der Waals surface area (Å²) in [4.78, 5) is 13.8. The van der Waals surface area contributed by atoms with Gasteiger partial charge in [-0.05, 0) is 31.0 Å². The lowest BCUT2D eigenvalue weighted by Gasteiger charge is -2.18. The molecule has 3 nitrogen and oxygen atoms in total. The average molecular weight is 320 g/mol. The summed E-state index contributed by atoms with van der Waals surface area (Å²) in [6.45, 7) is 2.63. The first-order valence-corrected chi connectivity index (χ1v) is 6.21. The molecule has 1 heterocycles. The van der Waals surface area contributed by atoms with E-state index in [1.54, 1.807) is 0 Å². The van der Waals surface area contributed by atoms with Crippen molar-refractivity contribution in [2.24, 2.45) is 5.73 Å². The number of fused-ring (bicyclic) bond motifs is 1. The maximum absolute atomic E-state index is 12.0. The molecule has 0 radical (unpaired) electrons. The third kappa shape index (κ3) is 3.21. The monoisotopic (exact) mass is 318 g/mol. The summed E-state index contributed by atoms with van der Waals surface area (Å²) in [5.74, 6) is 0.117. The van der Waals surface area contributed by atoms with Crippen LogP contribution in [0.25, 0.3) is 0 Å². The number of carbonyl (C=O) groups excluding carboxylic acids is 1. The fourth-order valence-corrected chi connectivity index (χ4v) is 2.35. The summed E-state index contributed by atoms with van der Waals surface area (Å²) in [5.41, 5.74) is 7.92. The molecule has 1 atom stereocenters. The Hall–Kier alpha value is -0.580. The fourth-order valence-electron chi connectivity index (χ4n) is 2.00. The van der Waals surface area contributed by atoms with Crippen molar-refractivity contribution in [2.75, 3.05) is 11.4 Å². The van der Waals surface area contributed by atoms with Gasteiger partial charge in [0.05, 0.1) is 0 Å². The maximum Gasteiger partial charge on any atom is 0.228 e. The first-order chi connectivity index (χ1) is 7.58. The lowest BCUT2D eigenvalue weighted by atomic mass is 10.2. The van der Waals surface area contributed by atoms with E-state index < -0.39 is 0 Å². The zero-order valence-corrected chi connectivity index (χ0v) is 12.1. The smallest absolute Gasteiger partial charge is 0.228 e. The van der Waals surface area contributed by atoms with Crippen LogP contribution in [0, 0.1) is 0 Å². The van der Waals surface area contributed by atoms with Crippen LogP contribution in [0.1, 0.15) is 18.9 Å². The van der Waals surface area contributed by atoms with E-state index in [4.69, 9.17) is 5.73 Å². The number of nitrogens with two attached hydrogens (primary N) is 1. The highest BCUT2D eigenvalue weighted by atomic mass is 79.9. The van der Waals surface area contributed by atoms with Crippen molar-refractivity contribution in [3.05, 3.63) is 28.2 Å². The Balaban J connectivity index is 0.00000144. The minimum atomic E-state index is -0.0799. The SMILES string of the molecule is CC(N)CC(=O)N1CCc2ccc(Br)cc21.Cl. The molecule has 5 heteroatoms. The van der Waals surface area contributed by atoms with Gasteiger partial charge in [0.1, 0.15) is 0 Å². The molecule has 1 aromatic rings. The van der Waals surface area contributed by atoms with Gasteiger partial charge in [-0.2, -0.15) is 0 Å². The van der Waals surface area contributed by atoms with E-state index in [0.717, 1.165) is 23.1 Å². The summed E-state index contributed by atoms with van der Waals surface area (Å²) in [6, 6.07) is 6.00. The van der Waals surface area contributed by atoms with Crippen LogP contribution in [0.4, 0.5) is 5.69 Å². The molecular weight excluding hydrogens is 304 g/mol. The quantitative estimate of drug-likeness (QED) is 0.910. The van der Waals surface area contributed by atoms with Gasteiger partial charge in [-0.1, -0.05) is 22.0 Å². The number of nitrogens with zero attached hydrogens (tertiary/aromatic N) is 1. The number of amides is 1. The standard InChI is InChI=1S/C12H15BrN2O.ClH/c1-8(14)6-12(16)15-5-4-9-2-3-10(13)7-11(9)15;/h2-3,7-8H,4-6,14H2,1H3;1H. The van der Waals surface area contributed by atoms with E-state index >= 15 is 0 Å². The molecule has 2 rings (SSSR count). The van der Waals surface area contributed by atoms with Crippen molar-refractivity contribution in [2.45, 2.75) is 25.8 Å². The van der Waals surface area contributed by atoms with Crippen LogP contribution in [0.15, 0.2) is 22.7 Å². The number of halogens is 2. The second-order valence-electron chi connectivity index (χ2n) is 4.25. The Labute approximate surface area is 116 Å². The van der Waals surface area contributed by atoms with Crippen LogP contribution >= 0.6 is 28.3 Å². The van der Waals surface area contributed by atoms with E-state index in [9.17, 15) is 4.79 Å². The lowest BCUT2D eigenvalue weighted by molar-refractivity contribution is -0.118. The Morgan fingerprint density at radius 3 is 2.94 bits per heavy atom. The van der Waals surface area contributed by atoms with Gasteiger partial charge in [-0.25, -0.2) is 0 Å². The number of rotatable bonds is 2. The molecule has 1 aromatic carbocycles. The second-order valence-corrected chi connectivity index (χ2v) is 5.17. The minimum absolute atomic E-state index is 0. The molecule has 1 aliphatic rings. The van der Waals surface area contributed by atoms with Gasteiger partial charge < -0.3 is 10.6 Å². The normalized spacial score (nSPS) is 15.1. The molecule has 1 unspecified atom stereocenters. The third-order valence-corrected chi connectivity index (χ3v) is 3.23. The molecule has 1 amide bonds. The molecule has 0 spiro atoms. The highest BCUT2D eigenvalue weighted by Crippen LogP contribution is 2.31. The Bertz CT molecular complexity index is 423. The molecule has 1 aliphatic heterocycles. The molecule has 0 fully saturated rings. The number of carbonyl (C=O) groups is 1. The van der Waals surface area contributed by atoms with Gasteiger partial charge in [0.15, 0.2) is 0 Å². The second kappa shape index (κ2) is 5.85. The molecule has 0 aromatic heterocycles. The summed E-state index contributed by atoms with van der Waals surface area (Å²) in [7, 11) is 0. The van der Waals surface area contributed by atoms with Gasteiger partial charge >= 0.3 is 0 Å². The topological polar surface area (TPSA) is 46.3 Å². The van der Waals surface area contributed by atoms with E-state index in [1.165, 1.54) is 5.56 Å². The van der Waals surface area contributed by atoms with Gasteiger partial charge in [-0.3, -0.25) is 4.79 Å². The number of hydrogen-bond donors (Lipinski definition) is 1. The van der Waals surface area contributed by atoms with E-state index in [1.807, 2.05) is 24.0 Å². The van der Waals surface area contributed by atoms with Crippen molar-refractivity contribution >= 4 is 39.9 Å². The first kappa shape index (κ1) is 14.5. The fraction of sp³-hybridized carbons (Fsp3) is 0.417. The predicted molar refractivity (Wildman–Crippen MR) is 75.7 cm³/mol. The number of benzene rings is 1. The maximum atomic E-state index is 12.0. The summed E-state index contributed by atoms with van der Waals surface area (Å²) in [5, 5.41) is 0. The molecule has 0 saturated carbocycles. The van der Waals surface area contributed by atoms with Gasteiger partial charge in [0, 0.05) is 29.2 Å². The van der Waals surface area contributed by atoms with Gasteiger partial charge in [0.25, 0.3) is 0 Å². The Morgan fingerprint density at radius 2 is 2.29 bits per heavy atom. The molecule has 0 saturated heterocycles. The molecule has 17 heavy (non-hydrogen) atoms. The van der Waals surface area contributed by atoms with Crippen molar-refractivity contribution < 1.29 is 4.79 Å². The highest BCUT2D eigenvalue weighted by Gasteiger charge is 2.24. The van der Waals surface area contributed by atoms with Gasteiger partial charge in [-0.15, -0.1) is 12.4 Å². The minimum Gasteiger partial charge on any atom is -0.327 e. The zero-order valence-electron chi connectivity index (χ0n) is 9.65. The van der Waals surface area contributed by atoms with Crippen LogP contribution < -0.4 is 10.6 Å². The Morgan fingerprint density at radius 1 is 1.59 bits per heavy atom. The zero-order chi connectivity index (χ0) is 11.7. The van der Waals surface area contributed by atoms with Crippen LogP contribution in [-0.2, 0) is 11.2 Å². The van der Waals surface area contributed by atoms with E-state index in [-0.39, 0.29) is 24.4 Å². The lowest BCUT2D eigenvalue weighted by Crippen LogP contribution is -2.33. The number of anilines is 1. The van der Waals surface area contributed by atoms with E-state index in [0.29, 0.717) is 6.42 Å². The van der Waals surface area contributed by atoms with Crippen LogP contribution in [0.5, 0.6) is 0 Å². The Kier molecular flexibility index (Phi) is 4.98. The number of hydrogen-bond acceptors (Lipinski definition) is 2.